The number of para-hydroxylation sites is 2. The quantitative estimate of drug-likeness (QED) is 0.333. The number of anilines is 1. The number of ether oxygens (including phenoxy) is 2. The topological polar surface area (TPSA) is 105 Å². The Morgan fingerprint density at radius 3 is 2.33 bits per heavy atom. The normalized spacial score (nSPS) is 11.8. The minimum absolute atomic E-state index is 0.0355. The van der Waals surface area contributed by atoms with Crippen molar-refractivity contribution in [3.8, 4) is 11.5 Å². The van der Waals surface area contributed by atoms with E-state index >= 15 is 0 Å². The standard InChI is InChI=1S/C30H37N3O6S/c1-6-31-30(35)23(4)32(20-24-11-10-12-25(19-24)38-5)29(34)21-33(27-13-8-9-14-28(27)39-7-2)40(36,37)26-17-15-22(3)16-18-26/h8-19,23H,6-7,20-21H2,1-5H3,(H,31,35)/t23-/m0/s1. The van der Waals surface area contributed by atoms with Crippen LogP contribution in [0.3, 0.4) is 0 Å². The van der Waals surface area contributed by atoms with Crippen LogP contribution in [0.15, 0.2) is 77.7 Å². The summed E-state index contributed by atoms with van der Waals surface area (Å²) in [5.41, 5.74) is 1.85. The molecule has 1 N–H and O–H groups in total. The Hall–Kier alpha value is -4.05. The van der Waals surface area contributed by atoms with Gasteiger partial charge >= 0.3 is 0 Å². The van der Waals surface area contributed by atoms with E-state index in [4.69, 9.17) is 9.47 Å². The first-order valence-electron chi connectivity index (χ1n) is 13.1. The van der Waals surface area contributed by atoms with E-state index in [-0.39, 0.29) is 23.0 Å². The number of likely N-dealkylation sites (N-methyl/N-ethyl adjacent to an activating group) is 1. The summed E-state index contributed by atoms with van der Waals surface area (Å²) in [6.07, 6.45) is 0. The van der Waals surface area contributed by atoms with E-state index in [0.717, 1.165) is 15.4 Å². The molecule has 0 fully saturated rings. The van der Waals surface area contributed by atoms with E-state index in [1.165, 1.54) is 17.0 Å². The van der Waals surface area contributed by atoms with Crippen LogP contribution in [0.1, 0.15) is 31.9 Å². The number of hydrogen-bond acceptors (Lipinski definition) is 6. The molecule has 3 rings (SSSR count). The molecule has 0 aromatic heterocycles. The second-order valence-corrected chi connectivity index (χ2v) is 11.0. The van der Waals surface area contributed by atoms with Gasteiger partial charge in [0, 0.05) is 13.1 Å². The summed E-state index contributed by atoms with van der Waals surface area (Å²) < 4.78 is 40.1. The average Bonchev–Trinajstić information content (AvgIpc) is 2.95. The Bertz CT molecular complexity index is 1410. The van der Waals surface area contributed by atoms with Gasteiger partial charge in [-0.05, 0) is 69.7 Å². The van der Waals surface area contributed by atoms with E-state index in [1.54, 1.807) is 82.5 Å². The third-order valence-electron chi connectivity index (χ3n) is 6.33. The monoisotopic (exact) mass is 567 g/mol. The summed E-state index contributed by atoms with van der Waals surface area (Å²) in [7, 11) is -2.65. The second kappa shape index (κ2) is 13.8. The van der Waals surface area contributed by atoms with Gasteiger partial charge in [0.05, 0.1) is 24.3 Å². The van der Waals surface area contributed by atoms with Crippen molar-refractivity contribution in [1.82, 2.24) is 10.2 Å². The highest BCUT2D eigenvalue weighted by atomic mass is 32.2. The molecule has 0 aliphatic carbocycles. The number of nitrogens with zero attached hydrogens (tertiary/aromatic N) is 2. The number of hydrogen-bond donors (Lipinski definition) is 1. The number of rotatable bonds is 13. The Labute approximate surface area is 236 Å². The number of carbonyl (C=O) groups is 2. The minimum atomic E-state index is -4.19. The van der Waals surface area contributed by atoms with Gasteiger partial charge in [-0.15, -0.1) is 0 Å². The van der Waals surface area contributed by atoms with Crippen molar-refractivity contribution in [2.75, 3.05) is 31.1 Å². The third-order valence-corrected chi connectivity index (χ3v) is 8.10. The highest BCUT2D eigenvalue weighted by molar-refractivity contribution is 7.92. The largest absolute Gasteiger partial charge is 0.497 e. The van der Waals surface area contributed by atoms with Crippen LogP contribution in [0.5, 0.6) is 11.5 Å². The van der Waals surface area contributed by atoms with Gasteiger partial charge in [-0.3, -0.25) is 13.9 Å². The number of sulfonamides is 1. The van der Waals surface area contributed by atoms with Gasteiger partial charge in [-0.1, -0.05) is 42.0 Å². The zero-order valence-electron chi connectivity index (χ0n) is 23.6. The van der Waals surface area contributed by atoms with Crippen molar-refractivity contribution in [3.63, 3.8) is 0 Å². The van der Waals surface area contributed by atoms with Crippen LogP contribution in [0.2, 0.25) is 0 Å². The van der Waals surface area contributed by atoms with E-state index in [1.807, 2.05) is 13.0 Å². The molecule has 0 heterocycles. The summed E-state index contributed by atoms with van der Waals surface area (Å²) in [5.74, 6) is 0.0272. The van der Waals surface area contributed by atoms with Gasteiger partial charge < -0.3 is 19.7 Å². The summed E-state index contributed by atoms with van der Waals surface area (Å²) >= 11 is 0. The number of methoxy groups -OCH3 is 1. The molecule has 0 unspecified atom stereocenters. The van der Waals surface area contributed by atoms with Crippen molar-refractivity contribution in [1.29, 1.82) is 0 Å². The van der Waals surface area contributed by atoms with Gasteiger partial charge in [0.15, 0.2) is 0 Å². The molecule has 10 heteroatoms. The lowest BCUT2D eigenvalue weighted by atomic mass is 10.1. The lowest BCUT2D eigenvalue weighted by Crippen LogP contribution is -2.51. The van der Waals surface area contributed by atoms with Gasteiger partial charge in [0.2, 0.25) is 11.8 Å². The maximum Gasteiger partial charge on any atom is 0.264 e. The van der Waals surface area contributed by atoms with Crippen LogP contribution < -0.4 is 19.1 Å². The van der Waals surface area contributed by atoms with Crippen LogP contribution in [0, 0.1) is 6.92 Å². The molecule has 0 spiro atoms. The molecular formula is C30H37N3O6S. The van der Waals surface area contributed by atoms with Gasteiger partial charge in [0.1, 0.15) is 24.1 Å². The Morgan fingerprint density at radius 1 is 0.975 bits per heavy atom. The molecule has 0 radical (unpaired) electrons. The first-order valence-corrected chi connectivity index (χ1v) is 14.6. The molecule has 2 amide bonds. The van der Waals surface area contributed by atoms with Crippen molar-refractivity contribution in [3.05, 3.63) is 83.9 Å². The Balaban J connectivity index is 2.08. The number of carbonyl (C=O) groups excluding carboxylic acids is 2. The van der Waals surface area contributed by atoms with Crippen LogP contribution >= 0.6 is 0 Å². The SMILES string of the molecule is CCNC(=O)[C@H](C)N(Cc1cccc(OC)c1)C(=O)CN(c1ccccc1OCC)S(=O)(=O)c1ccc(C)cc1. The van der Waals surface area contributed by atoms with E-state index in [0.29, 0.717) is 24.7 Å². The number of amides is 2. The predicted molar refractivity (Wildman–Crippen MR) is 155 cm³/mol. The molecule has 1 atom stereocenters. The van der Waals surface area contributed by atoms with Crippen LogP contribution in [-0.4, -0.2) is 58.0 Å². The summed E-state index contributed by atoms with van der Waals surface area (Å²) in [5, 5.41) is 2.75. The second-order valence-electron chi connectivity index (χ2n) is 9.17. The number of nitrogens with one attached hydrogen (secondary N) is 1. The van der Waals surface area contributed by atoms with Crippen molar-refractivity contribution in [2.45, 2.75) is 45.2 Å². The molecular weight excluding hydrogens is 530 g/mol. The highest BCUT2D eigenvalue weighted by Crippen LogP contribution is 2.33. The molecule has 9 nitrogen and oxygen atoms in total. The molecule has 0 aliphatic rings. The van der Waals surface area contributed by atoms with Crippen molar-refractivity contribution in [2.24, 2.45) is 0 Å². The van der Waals surface area contributed by atoms with Crippen molar-refractivity contribution >= 4 is 27.5 Å². The molecule has 0 bridgehead atoms. The summed E-state index contributed by atoms with van der Waals surface area (Å²) in [6.45, 7) is 7.29. The first kappa shape index (κ1) is 30.5. The van der Waals surface area contributed by atoms with Crippen LogP contribution in [0.25, 0.3) is 0 Å². The first-order chi connectivity index (χ1) is 19.1. The molecule has 3 aromatic carbocycles. The summed E-state index contributed by atoms with van der Waals surface area (Å²) in [6, 6.07) is 19.4. The molecule has 3 aromatic rings. The summed E-state index contributed by atoms with van der Waals surface area (Å²) in [4.78, 5) is 28.3. The average molecular weight is 568 g/mol. The fraction of sp³-hybridized carbons (Fsp3) is 0.333. The zero-order valence-corrected chi connectivity index (χ0v) is 24.4. The lowest BCUT2D eigenvalue weighted by molar-refractivity contribution is -0.139. The van der Waals surface area contributed by atoms with E-state index in [9.17, 15) is 18.0 Å². The fourth-order valence-corrected chi connectivity index (χ4v) is 5.59. The van der Waals surface area contributed by atoms with E-state index < -0.39 is 28.5 Å². The van der Waals surface area contributed by atoms with Crippen LogP contribution in [-0.2, 0) is 26.2 Å². The maximum absolute atomic E-state index is 14.0. The maximum atomic E-state index is 14.0. The highest BCUT2D eigenvalue weighted by Gasteiger charge is 2.33. The molecule has 0 aliphatic heterocycles. The third kappa shape index (κ3) is 7.32. The van der Waals surface area contributed by atoms with Gasteiger partial charge in [-0.25, -0.2) is 8.42 Å². The van der Waals surface area contributed by atoms with Crippen LogP contribution in [0.4, 0.5) is 5.69 Å². The Morgan fingerprint density at radius 2 is 1.68 bits per heavy atom. The van der Waals surface area contributed by atoms with Gasteiger partial charge in [-0.2, -0.15) is 0 Å². The molecule has 0 saturated heterocycles. The molecule has 40 heavy (non-hydrogen) atoms. The number of aryl methyl sites for hydroxylation is 1. The zero-order chi connectivity index (χ0) is 29.3. The fourth-order valence-electron chi connectivity index (χ4n) is 4.16. The minimum Gasteiger partial charge on any atom is -0.497 e. The van der Waals surface area contributed by atoms with Gasteiger partial charge in [0.25, 0.3) is 10.0 Å². The van der Waals surface area contributed by atoms with E-state index in [2.05, 4.69) is 5.32 Å². The smallest absolute Gasteiger partial charge is 0.264 e. The number of benzene rings is 3. The lowest BCUT2D eigenvalue weighted by Gasteiger charge is -2.32. The molecule has 0 saturated carbocycles. The Kier molecular flexibility index (Phi) is 10.6. The molecule has 214 valence electrons. The predicted octanol–water partition coefficient (Wildman–Crippen LogP) is 4.15. The van der Waals surface area contributed by atoms with Crippen molar-refractivity contribution < 1.29 is 27.5 Å².